The van der Waals surface area contributed by atoms with Gasteiger partial charge in [0.1, 0.15) is 46.9 Å². The summed E-state index contributed by atoms with van der Waals surface area (Å²) in [6.07, 6.45) is 4.59. The monoisotopic (exact) mass is 1050 g/mol. The summed E-state index contributed by atoms with van der Waals surface area (Å²) in [7, 11) is 4.82. The van der Waals surface area contributed by atoms with Gasteiger partial charge in [-0.15, -0.1) is 0 Å². The maximum absolute atomic E-state index is 12.4. The van der Waals surface area contributed by atoms with Gasteiger partial charge >= 0.3 is 0 Å². The molecule has 0 spiro atoms. The van der Waals surface area contributed by atoms with Crippen LogP contribution in [0.25, 0.3) is 0 Å². The standard InChI is InChI=1S/C19H19NO5.C12H15NO3.C7H7IO.C7H6O3.C5H9NO2/c1-24-18-7-3-2-5-15(18)20-13(9-10-19(20)23)12-25-17-8-4-6-16(22)14(17)11-21;1-16-11-5-3-2-4-10(11)13-9(8-14)6-7-12(13)15;1-9-7-5-3-2-4-6(7)8;8-4-5-6(9)2-1-3-7(5)10;7-3-4-1-2-5(8)6-4/h2-8,11,13,22H,9-10,12H2,1H3;2-5,9,14H,6-8H2,1H3;2-5H,1H3;1-4,9-10H;4,7H,1-3H2,(H,6,8)/t13-;9-;;;4-/m00..0/s1. The van der Waals surface area contributed by atoms with Crippen LogP contribution in [0.3, 0.4) is 0 Å². The third kappa shape index (κ3) is 14.8. The molecule has 0 bridgehead atoms. The second-order valence-electron chi connectivity index (χ2n) is 15.0. The lowest BCUT2D eigenvalue weighted by atomic mass is 10.2. The Morgan fingerprint density at radius 2 is 1.03 bits per heavy atom. The van der Waals surface area contributed by atoms with Crippen LogP contribution in [-0.2, 0) is 14.4 Å². The molecule has 17 nitrogen and oxygen atoms in total. The van der Waals surface area contributed by atoms with Crippen molar-refractivity contribution in [2.24, 2.45) is 0 Å². The summed E-state index contributed by atoms with van der Waals surface area (Å²) in [4.78, 5) is 59.1. The van der Waals surface area contributed by atoms with Crippen molar-refractivity contribution in [3.63, 3.8) is 0 Å². The lowest BCUT2D eigenvalue weighted by molar-refractivity contribution is -0.119. The molecule has 3 amide bonds. The molecule has 362 valence electrons. The molecule has 0 unspecified atom stereocenters. The van der Waals surface area contributed by atoms with Gasteiger partial charge in [0.2, 0.25) is 17.7 Å². The van der Waals surface area contributed by atoms with Crippen molar-refractivity contribution in [2.75, 3.05) is 50.9 Å². The molecular weight excluding hydrogens is 993 g/mol. The van der Waals surface area contributed by atoms with Gasteiger partial charge in [-0.1, -0.05) is 48.5 Å². The number of hydrogen-bond acceptors (Lipinski definition) is 14. The van der Waals surface area contributed by atoms with E-state index < -0.39 is 0 Å². The number of amides is 3. The summed E-state index contributed by atoms with van der Waals surface area (Å²) >= 11 is 2.24. The molecule has 3 heterocycles. The van der Waals surface area contributed by atoms with E-state index in [1.54, 1.807) is 49.3 Å². The van der Waals surface area contributed by atoms with E-state index in [0.29, 0.717) is 67.6 Å². The molecule has 3 fully saturated rings. The normalized spacial score (nSPS) is 16.8. The van der Waals surface area contributed by atoms with Crippen molar-refractivity contribution in [3.8, 4) is 40.2 Å². The van der Waals surface area contributed by atoms with Crippen molar-refractivity contribution >= 4 is 64.3 Å². The Labute approximate surface area is 408 Å². The molecule has 18 heteroatoms. The van der Waals surface area contributed by atoms with Crippen molar-refractivity contribution < 1.29 is 68.5 Å². The lowest BCUT2D eigenvalue weighted by Crippen LogP contribution is -2.37. The number of rotatable bonds is 12. The van der Waals surface area contributed by atoms with Gasteiger partial charge in [-0.3, -0.25) is 24.0 Å². The molecule has 0 radical (unpaired) electrons. The zero-order valence-corrected chi connectivity index (χ0v) is 40.0. The Morgan fingerprint density at radius 1 is 0.574 bits per heavy atom. The van der Waals surface area contributed by atoms with E-state index in [1.165, 1.54) is 24.3 Å². The molecule has 3 aliphatic rings. The van der Waals surface area contributed by atoms with Crippen LogP contribution in [0.4, 0.5) is 11.4 Å². The Hall–Kier alpha value is -6.90. The number of nitrogens with zero attached hydrogens (tertiary/aromatic N) is 2. The van der Waals surface area contributed by atoms with Crippen LogP contribution < -0.4 is 34.1 Å². The number of aliphatic hydroxyl groups excluding tert-OH is 2. The Bertz CT molecular complexity index is 2430. The highest BCUT2D eigenvalue weighted by atomic mass is 127. The van der Waals surface area contributed by atoms with Crippen LogP contribution in [0.1, 0.15) is 59.2 Å². The van der Waals surface area contributed by atoms with Gasteiger partial charge in [-0.05, 0) is 103 Å². The number of methoxy groups -OCH3 is 3. The van der Waals surface area contributed by atoms with Gasteiger partial charge in [0.25, 0.3) is 0 Å². The first kappa shape index (κ1) is 53.7. The predicted molar refractivity (Wildman–Crippen MR) is 262 cm³/mol. The fourth-order valence-corrected chi connectivity index (χ4v) is 7.79. The average molecular weight is 1050 g/mol. The number of para-hydroxylation sites is 5. The summed E-state index contributed by atoms with van der Waals surface area (Å²) in [5.74, 6) is 2.11. The van der Waals surface area contributed by atoms with E-state index in [-0.39, 0.29) is 84.0 Å². The highest BCUT2D eigenvalue weighted by Crippen LogP contribution is 2.36. The number of aliphatic hydroxyl groups is 2. The van der Waals surface area contributed by atoms with Gasteiger partial charge in [0.05, 0.1) is 78.7 Å². The fourth-order valence-electron chi connectivity index (χ4n) is 7.19. The number of nitrogens with one attached hydrogen (secondary N) is 1. The predicted octanol–water partition coefficient (Wildman–Crippen LogP) is 6.44. The van der Waals surface area contributed by atoms with E-state index in [4.69, 9.17) is 34.3 Å². The number of aromatic hydroxyl groups is 3. The van der Waals surface area contributed by atoms with Crippen LogP contribution in [0.15, 0.2) is 109 Å². The second-order valence-corrected chi connectivity index (χ2v) is 16.2. The third-order valence-electron chi connectivity index (χ3n) is 10.7. The number of carbonyl (C=O) groups is 5. The Balaban J connectivity index is 0.000000201. The number of phenols is 3. The zero-order valence-electron chi connectivity index (χ0n) is 37.8. The molecule has 0 aliphatic carbocycles. The minimum absolute atomic E-state index is 0.00428. The Kier molecular flexibility index (Phi) is 21.9. The van der Waals surface area contributed by atoms with E-state index in [0.717, 1.165) is 21.4 Å². The molecule has 3 aliphatic heterocycles. The van der Waals surface area contributed by atoms with Gasteiger partial charge in [-0.2, -0.15) is 0 Å². The first-order valence-electron chi connectivity index (χ1n) is 21.4. The largest absolute Gasteiger partial charge is 0.507 e. The van der Waals surface area contributed by atoms with Crippen LogP contribution >= 0.6 is 22.6 Å². The van der Waals surface area contributed by atoms with E-state index in [1.807, 2.05) is 66.7 Å². The number of phenolic OH excluding ortho intramolecular Hbond substituents is 3. The summed E-state index contributed by atoms with van der Waals surface area (Å²) in [6.45, 7) is 0.281. The maximum atomic E-state index is 12.4. The van der Waals surface area contributed by atoms with E-state index >= 15 is 0 Å². The quantitative estimate of drug-likeness (QED) is 0.0583. The maximum Gasteiger partial charge on any atom is 0.227 e. The number of carbonyl (C=O) groups excluding carboxylic acids is 5. The highest BCUT2D eigenvalue weighted by Gasteiger charge is 2.35. The Morgan fingerprint density at radius 3 is 1.46 bits per heavy atom. The summed E-state index contributed by atoms with van der Waals surface area (Å²) in [5, 5.41) is 47.9. The van der Waals surface area contributed by atoms with Crippen LogP contribution in [0.2, 0.25) is 0 Å². The molecule has 5 aromatic carbocycles. The van der Waals surface area contributed by atoms with Gasteiger partial charge < -0.3 is 59.6 Å². The van der Waals surface area contributed by atoms with Crippen molar-refractivity contribution in [1.82, 2.24) is 5.32 Å². The SMILES string of the molecule is COc1ccccc1I.COc1ccccc1N1C(=O)CC[C@H]1CO.COc1ccccc1N1C(=O)CC[C@H]1COc1cccc(O)c1C=O.O=C1CC[C@@H](CO)N1.O=Cc1c(O)cccc1O. The van der Waals surface area contributed by atoms with Gasteiger partial charge in [0, 0.05) is 19.3 Å². The number of hydrogen-bond donors (Lipinski definition) is 6. The zero-order chi connectivity index (χ0) is 49.6. The third-order valence-corrected chi connectivity index (χ3v) is 11.6. The number of ether oxygens (including phenoxy) is 4. The topological polar surface area (TPSA) is 242 Å². The molecule has 68 heavy (non-hydrogen) atoms. The lowest BCUT2D eigenvalue weighted by Gasteiger charge is -2.26. The van der Waals surface area contributed by atoms with E-state index in [2.05, 4.69) is 27.9 Å². The molecule has 3 atom stereocenters. The molecular formula is C50H56IN3O14. The molecule has 6 N–H and O–H groups in total. The smallest absolute Gasteiger partial charge is 0.227 e. The summed E-state index contributed by atoms with van der Waals surface area (Å²) in [5.41, 5.74) is 1.48. The van der Waals surface area contributed by atoms with Crippen LogP contribution in [0.5, 0.6) is 40.2 Å². The van der Waals surface area contributed by atoms with Gasteiger partial charge in [0.15, 0.2) is 12.6 Å². The minimum Gasteiger partial charge on any atom is -0.507 e. The molecule has 8 rings (SSSR count). The average Bonchev–Trinajstić information content (AvgIpc) is 4.08. The fraction of sp³-hybridized carbons (Fsp3) is 0.300. The summed E-state index contributed by atoms with van der Waals surface area (Å²) < 4.78 is 22.5. The first-order chi connectivity index (χ1) is 32.8. The highest BCUT2D eigenvalue weighted by molar-refractivity contribution is 14.1. The number of halogens is 1. The number of benzene rings is 5. The van der Waals surface area contributed by atoms with Crippen LogP contribution in [-0.4, -0.2) is 115 Å². The first-order valence-corrected chi connectivity index (χ1v) is 22.5. The van der Waals surface area contributed by atoms with Crippen molar-refractivity contribution in [2.45, 2.75) is 56.7 Å². The molecule has 0 aromatic heterocycles. The van der Waals surface area contributed by atoms with Crippen molar-refractivity contribution in [3.05, 3.63) is 124 Å². The number of anilines is 2. The van der Waals surface area contributed by atoms with Crippen LogP contribution in [0, 0.1) is 3.57 Å². The number of aldehydes is 2. The van der Waals surface area contributed by atoms with E-state index in [9.17, 15) is 34.2 Å². The second kappa shape index (κ2) is 27.7. The molecule has 0 saturated carbocycles. The molecule has 3 saturated heterocycles. The van der Waals surface area contributed by atoms with Gasteiger partial charge in [-0.25, -0.2) is 0 Å². The minimum atomic E-state index is -0.199. The summed E-state index contributed by atoms with van der Waals surface area (Å²) in [6, 6.07) is 31.1. The van der Waals surface area contributed by atoms with Crippen molar-refractivity contribution in [1.29, 1.82) is 0 Å². The molecule has 5 aromatic rings.